The summed E-state index contributed by atoms with van der Waals surface area (Å²) in [7, 11) is 0. The van der Waals surface area contributed by atoms with Gasteiger partial charge >= 0.3 is 6.09 Å². The SMILES string of the molecule is C=CCOC[C@H](NC(=O)[C@H](C)NC(=O)OC(C)(C)C)[C@@H](O)C[C@@H](C)C(=O)NCCCC. The molecule has 9 heteroatoms. The van der Waals surface area contributed by atoms with Crippen molar-refractivity contribution in [2.45, 2.75) is 84.6 Å². The molecule has 0 spiro atoms. The Balaban J connectivity index is 4.91. The van der Waals surface area contributed by atoms with Crippen LogP contribution in [0.1, 0.15) is 60.8 Å². The van der Waals surface area contributed by atoms with Crippen molar-refractivity contribution in [3.63, 3.8) is 0 Å². The summed E-state index contributed by atoms with van der Waals surface area (Å²) < 4.78 is 10.6. The van der Waals surface area contributed by atoms with Gasteiger partial charge in [0.1, 0.15) is 11.6 Å². The molecular formula is C22H41N3O6. The molecule has 9 nitrogen and oxygen atoms in total. The molecule has 0 heterocycles. The lowest BCUT2D eigenvalue weighted by atomic mass is 9.97. The number of aliphatic hydroxyl groups is 1. The van der Waals surface area contributed by atoms with Gasteiger partial charge in [0.15, 0.2) is 0 Å². The van der Waals surface area contributed by atoms with Crippen molar-refractivity contribution in [3.8, 4) is 0 Å². The van der Waals surface area contributed by atoms with Gasteiger partial charge in [-0.3, -0.25) is 9.59 Å². The van der Waals surface area contributed by atoms with Crippen molar-refractivity contribution in [1.82, 2.24) is 16.0 Å². The molecule has 0 rings (SSSR count). The van der Waals surface area contributed by atoms with Crippen molar-refractivity contribution in [2.24, 2.45) is 5.92 Å². The minimum atomic E-state index is -1.02. The first kappa shape index (κ1) is 28.9. The van der Waals surface area contributed by atoms with E-state index < -0.39 is 41.7 Å². The molecule has 0 fully saturated rings. The Morgan fingerprint density at radius 1 is 1.13 bits per heavy atom. The van der Waals surface area contributed by atoms with Crippen LogP contribution < -0.4 is 16.0 Å². The zero-order valence-electron chi connectivity index (χ0n) is 19.8. The molecule has 180 valence electrons. The monoisotopic (exact) mass is 443 g/mol. The third-order valence-corrected chi connectivity index (χ3v) is 4.32. The van der Waals surface area contributed by atoms with Crippen LogP contribution in [0, 0.1) is 5.92 Å². The van der Waals surface area contributed by atoms with Crippen LogP contribution in [0.15, 0.2) is 12.7 Å². The number of aliphatic hydroxyl groups excluding tert-OH is 1. The molecule has 0 saturated heterocycles. The fourth-order valence-corrected chi connectivity index (χ4v) is 2.58. The maximum absolute atomic E-state index is 12.5. The van der Waals surface area contributed by atoms with Gasteiger partial charge in [0, 0.05) is 12.5 Å². The lowest BCUT2D eigenvalue weighted by Gasteiger charge is -2.27. The molecule has 0 aromatic carbocycles. The number of hydrogen-bond donors (Lipinski definition) is 4. The molecule has 4 atom stereocenters. The van der Waals surface area contributed by atoms with Crippen molar-refractivity contribution < 1.29 is 29.0 Å². The number of amides is 3. The summed E-state index contributed by atoms with van der Waals surface area (Å²) >= 11 is 0. The molecular weight excluding hydrogens is 402 g/mol. The summed E-state index contributed by atoms with van der Waals surface area (Å²) in [4.78, 5) is 36.6. The third-order valence-electron chi connectivity index (χ3n) is 4.32. The molecule has 0 aliphatic rings. The minimum Gasteiger partial charge on any atom is -0.444 e. The molecule has 0 saturated carbocycles. The molecule has 0 aromatic rings. The van der Waals surface area contributed by atoms with E-state index in [1.54, 1.807) is 33.8 Å². The molecule has 4 N–H and O–H groups in total. The summed E-state index contributed by atoms with van der Waals surface area (Å²) in [5, 5.41) is 18.6. The van der Waals surface area contributed by atoms with Gasteiger partial charge in [-0.25, -0.2) is 4.79 Å². The van der Waals surface area contributed by atoms with Crippen molar-refractivity contribution in [1.29, 1.82) is 0 Å². The molecule has 0 bridgehead atoms. The van der Waals surface area contributed by atoms with E-state index in [4.69, 9.17) is 9.47 Å². The first-order chi connectivity index (χ1) is 14.4. The Labute approximate surface area is 186 Å². The number of alkyl carbamates (subject to hydrolysis) is 1. The number of carbonyl (C=O) groups is 3. The van der Waals surface area contributed by atoms with Gasteiger partial charge in [-0.15, -0.1) is 6.58 Å². The number of nitrogens with one attached hydrogen (secondary N) is 3. The number of ether oxygens (including phenoxy) is 2. The predicted octanol–water partition coefficient (Wildman–Crippen LogP) is 1.89. The van der Waals surface area contributed by atoms with E-state index in [1.165, 1.54) is 6.92 Å². The fraction of sp³-hybridized carbons (Fsp3) is 0.773. The second-order valence-electron chi connectivity index (χ2n) is 8.66. The van der Waals surface area contributed by atoms with E-state index in [9.17, 15) is 19.5 Å². The van der Waals surface area contributed by atoms with Crippen LogP contribution in [0.4, 0.5) is 4.79 Å². The summed E-state index contributed by atoms with van der Waals surface area (Å²) in [6.07, 6.45) is 1.83. The van der Waals surface area contributed by atoms with Gasteiger partial charge in [-0.2, -0.15) is 0 Å². The Morgan fingerprint density at radius 2 is 1.77 bits per heavy atom. The Bertz CT molecular complexity index is 576. The molecule has 0 aromatic heterocycles. The smallest absolute Gasteiger partial charge is 0.408 e. The lowest BCUT2D eigenvalue weighted by molar-refractivity contribution is -0.126. The van der Waals surface area contributed by atoms with Crippen LogP contribution in [-0.4, -0.2) is 66.6 Å². The Hall–Kier alpha value is -2.13. The van der Waals surface area contributed by atoms with E-state index in [0.29, 0.717) is 6.54 Å². The van der Waals surface area contributed by atoms with Crippen molar-refractivity contribution in [2.75, 3.05) is 19.8 Å². The average Bonchev–Trinajstić information content (AvgIpc) is 2.65. The van der Waals surface area contributed by atoms with Gasteiger partial charge < -0.3 is 30.5 Å². The average molecular weight is 444 g/mol. The highest BCUT2D eigenvalue weighted by Crippen LogP contribution is 2.11. The van der Waals surface area contributed by atoms with Crippen LogP contribution in [0.25, 0.3) is 0 Å². The predicted molar refractivity (Wildman–Crippen MR) is 119 cm³/mol. The minimum absolute atomic E-state index is 0.0300. The maximum atomic E-state index is 12.5. The number of carbonyl (C=O) groups excluding carboxylic acids is 3. The normalized spacial score (nSPS) is 15.2. The number of rotatable bonds is 14. The van der Waals surface area contributed by atoms with E-state index in [2.05, 4.69) is 22.5 Å². The summed E-state index contributed by atoms with van der Waals surface area (Å²) in [5.41, 5.74) is -0.689. The van der Waals surface area contributed by atoms with Crippen LogP contribution >= 0.6 is 0 Å². The van der Waals surface area contributed by atoms with Gasteiger partial charge in [0.25, 0.3) is 0 Å². The van der Waals surface area contributed by atoms with Gasteiger partial charge in [-0.1, -0.05) is 26.3 Å². The van der Waals surface area contributed by atoms with Crippen molar-refractivity contribution >= 4 is 17.9 Å². The van der Waals surface area contributed by atoms with Gasteiger partial charge in [-0.05, 0) is 40.5 Å². The Kier molecular flexibility index (Phi) is 13.8. The second-order valence-corrected chi connectivity index (χ2v) is 8.66. The molecule has 0 radical (unpaired) electrons. The zero-order chi connectivity index (χ0) is 24.0. The molecule has 0 unspecified atom stereocenters. The maximum Gasteiger partial charge on any atom is 0.408 e. The van der Waals surface area contributed by atoms with Gasteiger partial charge in [0.05, 0.1) is 25.4 Å². The highest BCUT2D eigenvalue weighted by Gasteiger charge is 2.28. The topological polar surface area (TPSA) is 126 Å². The third kappa shape index (κ3) is 13.7. The Morgan fingerprint density at radius 3 is 2.32 bits per heavy atom. The summed E-state index contributed by atoms with van der Waals surface area (Å²) in [5.74, 6) is -1.09. The number of hydrogen-bond acceptors (Lipinski definition) is 6. The highest BCUT2D eigenvalue weighted by molar-refractivity contribution is 5.85. The molecule has 3 amide bonds. The van der Waals surface area contributed by atoms with Crippen LogP contribution in [0.2, 0.25) is 0 Å². The summed E-state index contributed by atoms with van der Waals surface area (Å²) in [6, 6.07) is -1.65. The van der Waals surface area contributed by atoms with E-state index in [-0.39, 0.29) is 25.5 Å². The zero-order valence-corrected chi connectivity index (χ0v) is 19.8. The largest absolute Gasteiger partial charge is 0.444 e. The first-order valence-corrected chi connectivity index (χ1v) is 10.9. The number of unbranched alkanes of at least 4 members (excludes halogenated alkanes) is 1. The van der Waals surface area contributed by atoms with Crippen LogP contribution in [-0.2, 0) is 19.1 Å². The fourth-order valence-electron chi connectivity index (χ4n) is 2.58. The van der Waals surface area contributed by atoms with Crippen LogP contribution in [0.5, 0.6) is 0 Å². The van der Waals surface area contributed by atoms with Gasteiger partial charge in [0.2, 0.25) is 11.8 Å². The van der Waals surface area contributed by atoms with E-state index in [0.717, 1.165) is 12.8 Å². The standard InChI is InChI=1S/C22H41N3O6/c1-8-10-11-23-19(27)15(3)13-18(26)17(14-30-12-9-2)25-20(28)16(4)24-21(29)31-22(5,6)7/h9,15-18,26H,2,8,10-14H2,1,3-7H3,(H,23,27)(H,24,29)(H,25,28)/t15-,16+,17+,18+/m1/s1. The second kappa shape index (κ2) is 14.8. The van der Waals surface area contributed by atoms with E-state index in [1.807, 2.05) is 6.92 Å². The quantitative estimate of drug-likeness (QED) is 0.240. The van der Waals surface area contributed by atoms with Crippen LogP contribution in [0.3, 0.4) is 0 Å². The summed E-state index contributed by atoms with van der Waals surface area (Å²) in [6.45, 7) is 14.9. The molecule has 0 aliphatic carbocycles. The first-order valence-electron chi connectivity index (χ1n) is 10.9. The highest BCUT2D eigenvalue weighted by atomic mass is 16.6. The lowest BCUT2D eigenvalue weighted by Crippen LogP contribution is -2.54. The van der Waals surface area contributed by atoms with Crippen molar-refractivity contribution in [3.05, 3.63) is 12.7 Å². The molecule has 31 heavy (non-hydrogen) atoms. The molecule has 0 aliphatic heterocycles. The van der Waals surface area contributed by atoms with E-state index >= 15 is 0 Å².